The van der Waals surface area contributed by atoms with E-state index in [9.17, 15) is 4.79 Å². The zero-order valence-electron chi connectivity index (χ0n) is 16.6. The van der Waals surface area contributed by atoms with Gasteiger partial charge in [0.2, 0.25) is 0 Å². The van der Waals surface area contributed by atoms with Crippen molar-refractivity contribution in [3.05, 3.63) is 66.0 Å². The average Bonchev–Trinajstić information content (AvgIpc) is 3.15. The lowest BCUT2D eigenvalue weighted by Crippen LogP contribution is -2.26. The van der Waals surface area contributed by atoms with E-state index in [1.807, 2.05) is 31.5 Å². The number of likely N-dealkylation sites (tertiary alicyclic amines) is 1. The van der Waals surface area contributed by atoms with Crippen molar-refractivity contribution < 1.29 is 9.53 Å². The van der Waals surface area contributed by atoms with Crippen LogP contribution in [0.5, 0.6) is 5.75 Å². The van der Waals surface area contributed by atoms with Gasteiger partial charge in [0.25, 0.3) is 5.91 Å². The summed E-state index contributed by atoms with van der Waals surface area (Å²) in [6, 6.07) is 14.9. The summed E-state index contributed by atoms with van der Waals surface area (Å²) in [6.45, 7) is 4.74. The van der Waals surface area contributed by atoms with Gasteiger partial charge in [-0.3, -0.25) is 14.7 Å². The molecule has 0 radical (unpaired) electrons. The van der Waals surface area contributed by atoms with E-state index in [4.69, 9.17) is 10.5 Å². The molecule has 1 fully saturated rings. The number of pyridine rings is 1. The number of nitrogens with two attached hydrogens (primary N) is 1. The first-order valence-electron chi connectivity index (χ1n) is 9.91. The number of nitrogens with zero attached hydrogens (tertiary/aromatic N) is 2. The van der Waals surface area contributed by atoms with Crippen molar-refractivity contribution in [2.45, 2.75) is 25.9 Å². The Balaban J connectivity index is 1.39. The molecule has 3 N–H and O–H groups in total. The first-order chi connectivity index (χ1) is 14.1. The monoisotopic (exact) mass is 390 g/mol. The number of nitrogens with one attached hydrogen (secondary N) is 1. The maximum absolute atomic E-state index is 11.0. The van der Waals surface area contributed by atoms with Gasteiger partial charge in [-0.2, -0.15) is 0 Å². The van der Waals surface area contributed by atoms with Gasteiger partial charge >= 0.3 is 0 Å². The third kappa shape index (κ3) is 4.66. The number of primary amides is 1. The zero-order valence-corrected chi connectivity index (χ0v) is 16.6. The highest BCUT2D eigenvalue weighted by Crippen LogP contribution is 2.26. The van der Waals surface area contributed by atoms with Crippen LogP contribution in [0, 0.1) is 6.92 Å². The predicted octanol–water partition coefficient (Wildman–Crippen LogP) is 3.09. The number of aromatic nitrogens is 1. The highest BCUT2D eigenvalue weighted by molar-refractivity contribution is 5.93. The summed E-state index contributed by atoms with van der Waals surface area (Å²) >= 11 is 0. The van der Waals surface area contributed by atoms with Crippen molar-refractivity contribution >= 4 is 22.4 Å². The molecule has 1 amide bonds. The first kappa shape index (κ1) is 19.2. The smallest absolute Gasteiger partial charge is 0.255 e. The Labute approximate surface area is 170 Å². The predicted molar refractivity (Wildman–Crippen MR) is 115 cm³/mol. The first-order valence-corrected chi connectivity index (χ1v) is 9.91. The van der Waals surface area contributed by atoms with Gasteiger partial charge in [0, 0.05) is 54.5 Å². The van der Waals surface area contributed by atoms with Crippen LogP contribution in [-0.4, -0.2) is 41.5 Å². The minimum absolute atomic E-state index is 0.0967. The summed E-state index contributed by atoms with van der Waals surface area (Å²) in [5.74, 6) is 0.256. The highest BCUT2D eigenvalue weighted by atomic mass is 16.5. The molecule has 1 aliphatic heterocycles. The van der Waals surface area contributed by atoms with E-state index in [1.54, 1.807) is 0 Å². The second-order valence-corrected chi connectivity index (χ2v) is 7.62. The summed E-state index contributed by atoms with van der Waals surface area (Å²) in [4.78, 5) is 17.6. The van der Waals surface area contributed by atoms with E-state index >= 15 is 0 Å². The second kappa shape index (κ2) is 8.49. The van der Waals surface area contributed by atoms with Crippen LogP contribution >= 0.6 is 0 Å². The Bertz CT molecular complexity index is 1020. The van der Waals surface area contributed by atoms with Crippen LogP contribution in [0.15, 0.2) is 54.9 Å². The number of hydrogen-bond donors (Lipinski definition) is 2. The SMILES string of the molecule is Cc1ccc(CN2CCC(Nc3cccc4cnccc34)C2)cc1OCC(N)=O. The molecule has 0 spiro atoms. The molecule has 1 atom stereocenters. The van der Waals surface area contributed by atoms with Crippen LogP contribution in [0.3, 0.4) is 0 Å². The summed E-state index contributed by atoms with van der Waals surface area (Å²) in [5.41, 5.74) is 8.53. The summed E-state index contributed by atoms with van der Waals surface area (Å²) in [5, 5.41) is 6.06. The van der Waals surface area contributed by atoms with E-state index in [0.29, 0.717) is 6.04 Å². The van der Waals surface area contributed by atoms with Gasteiger partial charge < -0.3 is 15.8 Å². The van der Waals surface area contributed by atoms with Crippen molar-refractivity contribution in [2.75, 3.05) is 25.0 Å². The van der Waals surface area contributed by atoms with Crippen molar-refractivity contribution in [2.24, 2.45) is 5.73 Å². The number of ether oxygens (including phenoxy) is 1. The molecule has 2 heterocycles. The van der Waals surface area contributed by atoms with Crippen molar-refractivity contribution in [1.82, 2.24) is 9.88 Å². The van der Waals surface area contributed by atoms with E-state index in [0.717, 1.165) is 48.4 Å². The van der Waals surface area contributed by atoms with Crippen LogP contribution in [0.1, 0.15) is 17.5 Å². The molecular weight excluding hydrogens is 364 g/mol. The molecule has 3 aromatic rings. The summed E-state index contributed by atoms with van der Waals surface area (Å²) in [6.07, 6.45) is 4.83. The third-order valence-corrected chi connectivity index (χ3v) is 5.34. The van der Waals surface area contributed by atoms with Crippen LogP contribution in [0.2, 0.25) is 0 Å². The van der Waals surface area contributed by atoms with Crippen LogP contribution in [-0.2, 0) is 11.3 Å². The maximum Gasteiger partial charge on any atom is 0.255 e. The average molecular weight is 390 g/mol. The van der Waals surface area contributed by atoms with Crippen molar-refractivity contribution in [1.29, 1.82) is 0 Å². The van der Waals surface area contributed by atoms with Gasteiger partial charge in [-0.1, -0.05) is 24.3 Å². The van der Waals surface area contributed by atoms with Crippen LogP contribution < -0.4 is 15.8 Å². The van der Waals surface area contributed by atoms with E-state index in [-0.39, 0.29) is 6.61 Å². The number of benzene rings is 2. The van der Waals surface area contributed by atoms with Gasteiger partial charge in [-0.25, -0.2) is 0 Å². The zero-order chi connectivity index (χ0) is 20.2. The molecule has 6 nitrogen and oxygen atoms in total. The van der Waals surface area contributed by atoms with Gasteiger partial charge in [0.15, 0.2) is 6.61 Å². The number of carbonyl (C=O) groups is 1. The number of hydrogen-bond acceptors (Lipinski definition) is 5. The molecule has 1 saturated heterocycles. The van der Waals surface area contributed by atoms with Gasteiger partial charge in [0.05, 0.1) is 0 Å². The van der Waals surface area contributed by atoms with Gasteiger partial charge in [-0.15, -0.1) is 0 Å². The molecule has 0 saturated carbocycles. The molecule has 1 unspecified atom stereocenters. The van der Waals surface area contributed by atoms with Gasteiger partial charge in [0.1, 0.15) is 5.75 Å². The molecule has 4 rings (SSSR count). The lowest BCUT2D eigenvalue weighted by atomic mass is 10.1. The van der Waals surface area contributed by atoms with Crippen molar-refractivity contribution in [3.63, 3.8) is 0 Å². The molecule has 0 aliphatic carbocycles. The second-order valence-electron chi connectivity index (χ2n) is 7.62. The minimum atomic E-state index is -0.465. The topological polar surface area (TPSA) is 80.5 Å². The maximum atomic E-state index is 11.0. The molecule has 1 aliphatic rings. The Morgan fingerprint density at radius 3 is 3.07 bits per heavy atom. The quantitative estimate of drug-likeness (QED) is 0.648. The van der Waals surface area contributed by atoms with E-state index in [1.165, 1.54) is 10.9 Å². The molecule has 0 bridgehead atoms. The van der Waals surface area contributed by atoms with Crippen molar-refractivity contribution in [3.8, 4) is 5.75 Å². The molecule has 150 valence electrons. The minimum Gasteiger partial charge on any atom is -0.484 e. The normalized spacial score (nSPS) is 16.8. The molecule has 2 aromatic carbocycles. The number of fused-ring (bicyclic) bond motifs is 1. The molecular formula is C23H26N4O2. The number of rotatable bonds is 7. The van der Waals surface area contributed by atoms with Crippen LogP contribution in [0.4, 0.5) is 5.69 Å². The number of anilines is 1. The Morgan fingerprint density at radius 2 is 2.21 bits per heavy atom. The molecule has 29 heavy (non-hydrogen) atoms. The fraction of sp³-hybridized carbons (Fsp3) is 0.304. The van der Waals surface area contributed by atoms with Gasteiger partial charge in [-0.05, 0) is 42.7 Å². The number of aryl methyl sites for hydroxylation is 1. The largest absolute Gasteiger partial charge is 0.484 e. The fourth-order valence-corrected chi connectivity index (χ4v) is 3.87. The summed E-state index contributed by atoms with van der Waals surface area (Å²) in [7, 11) is 0. The van der Waals surface area contributed by atoms with Crippen LogP contribution in [0.25, 0.3) is 10.8 Å². The van der Waals surface area contributed by atoms with E-state index < -0.39 is 5.91 Å². The Hall–Kier alpha value is -3.12. The highest BCUT2D eigenvalue weighted by Gasteiger charge is 2.23. The molecule has 1 aromatic heterocycles. The fourth-order valence-electron chi connectivity index (χ4n) is 3.87. The Morgan fingerprint density at radius 1 is 1.31 bits per heavy atom. The third-order valence-electron chi connectivity index (χ3n) is 5.34. The number of carbonyl (C=O) groups excluding carboxylic acids is 1. The molecule has 6 heteroatoms. The van der Waals surface area contributed by atoms with E-state index in [2.05, 4.69) is 45.5 Å². The number of amides is 1. The Kier molecular flexibility index (Phi) is 5.62. The lowest BCUT2D eigenvalue weighted by molar-refractivity contribution is -0.119. The standard InChI is InChI=1S/C23H26N4O2/c1-16-5-6-17(11-22(16)29-15-23(24)28)13-27-10-8-19(14-27)26-21-4-2-3-18-12-25-9-7-20(18)21/h2-7,9,11-12,19,26H,8,10,13-15H2,1H3,(H2,24,28). The lowest BCUT2D eigenvalue weighted by Gasteiger charge is -2.19. The summed E-state index contributed by atoms with van der Waals surface area (Å²) < 4.78 is 5.53.